The smallest absolute Gasteiger partial charge is 0.408 e. The number of carbonyl (C=O) groups is 2. The second-order valence-corrected chi connectivity index (χ2v) is 9.73. The quantitative estimate of drug-likeness (QED) is 0.649. The number of pyridine rings is 1. The van der Waals surface area contributed by atoms with Gasteiger partial charge in [0.2, 0.25) is 5.91 Å². The highest BCUT2D eigenvalue weighted by Gasteiger charge is 2.53. The van der Waals surface area contributed by atoms with Gasteiger partial charge in [-0.1, -0.05) is 13.0 Å². The molecular weight excluding hydrogens is 422 g/mol. The highest BCUT2D eigenvalue weighted by molar-refractivity contribution is 5.95. The molecule has 1 atom stereocenters. The molecule has 8 heteroatoms. The van der Waals surface area contributed by atoms with Crippen LogP contribution in [0.3, 0.4) is 0 Å². The predicted molar refractivity (Wildman–Crippen MR) is 124 cm³/mol. The van der Waals surface area contributed by atoms with Crippen LogP contribution in [0.25, 0.3) is 0 Å². The Morgan fingerprint density at radius 2 is 1.97 bits per heavy atom. The van der Waals surface area contributed by atoms with E-state index in [-0.39, 0.29) is 11.3 Å². The van der Waals surface area contributed by atoms with E-state index in [2.05, 4.69) is 15.6 Å². The van der Waals surface area contributed by atoms with E-state index in [4.69, 9.17) is 14.2 Å². The van der Waals surface area contributed by atoms with Gasteiger partial charge in [0.1, 0.15) is 34.7 Å². The van der Waals surface area contributed by atoms with E-state index in [1.807, 2.05) is 26.0 Å². The van der Waals surface area contributed by atoms with Crippen LogP contribution in [-0.4, -0.2) is 35.2 Å². The molecule has 1 saturated carbocycles. The minimum Gasteiger partial charge on any atom is -0.492 e. The Morgan fingerprint density at radius 3 is 2.58 bits per heavy atom. The Kier molecular flexibility index (Phi) is 5.95. The Labute approximate surface area is 194 Å². The molecule has 0 saturated heterocycles. The standard InChI is InChI=1S/C25H31N3O5/c1-6-17(27-23(30)33-24(3,4)5)22(29)28-19-10-8-16(13-26-19)32-18-9-7-15(2)21-20(18)25(11-12-25)14-31-21/h7-10,13,17H,6,11-12,14H2,1-5H3,(H,27,30)(H,26,28,29)/t17-/m1/s1. The summed E-state index contributed by atoms with van der Waals surface area (Å²) < 4.78 is 17.3. The number of alkyl carbamates (subject to hydrolysis) is 1. The Balaban J connectivity index is 1.40. The fraction of sp³-hybridized carbons (Fsp3) is 0.480. The van der Waals surface area contributed by atoms with E-state index in [0.29, 0.717) is 24.6 Å². The average Bonchev–Trinajstić information content (AvgIpc) is 3.42. The van der Waals surface area contributed by atoms with Crippen molar-refractivity contribution in [3.8, 4) is 17.2 Å². The van der Waals surface area contributed by atoms with Gasteiger partial charge in [0.05, 0.1) is 12.8 Å². The van der Waals surface area contributed by atoms with Crippen molar-refractivity contribution in [2.75, 3.05) is 11.9 Å². The summed E-state index contributed by atoms with van der Waals surface area (Å²) in [4.78, 5) is 28.9. The van der Waals surface area contributed by atoms with Gasteiger partial charge in [-0.2, -0.15) is 0 Å². The summed E-state index contributed by atoms with van der Waals surface area (Å²) in [5.41, 5.74) is 1.72. The van der Waals surface area contributed by atoms with Crippen molar-refractivity contribution in [1.29, 1.82) is 0 Å². The number of nitrogens with zero attached hydrogens (tertiary/aromatic N) is 1. The van der Waals surface area contributed by atoms with Crippen molar-refractivity contribution in [2.24, 2.45) is 0 Å². The maximum atomic E-state index is 12.6. The number of hydrogen-bond acceptors (Lipinski definition) is 6. The summed E-state index contributed by atoms with van der Waals surface area (Å²) >= 11 is 0. The molecule has 0 unspecified atom stereocenters. The lowest BCUT2D eigenvalue weighted by atomic mass is 9.95. The zero-order valence-corrected chi connectivity index (χ0v) is 19.8. The van der Waals surface area contributed by atoms with Crippen molar-refractivity contribution >= 4 is 17.8 Å². The third-order valence-corrected chi connectivity index (χ3v) is 5.82. The number of ether oxygens (including phenoxy) is 3. The number of carbonyl (C=O) groups excluding carboxylic acids is 2. The summed E-state index contributed by atoms with van der Waals surface area (Å²) in [6.45, 7) is 9.87. The van der Waals surface area contributed by atoms with Gasteiger partial charge in [-0.3, -0.25) is 4.79 Å². The van der Waals surface area contributed by atoms with Gasteiger partial charge in [0, 0.05) is 11.0 Å². The number of nitrogens with one attached hydrogen (secondary N) is 2. The second kappa shape index (κ2) is 8.57. The number of anilines is 1. The van der Waals surface area contributed by atoms with Crippen LogP contribution in [0.2, 0.25) is 0 Å². The summed E-state index contributed by atoms with van der Waals surface area (Å²) in [5.74, 6) is 2.30. The van der Waals surface area contributed by atoms with Crippen LogP contribution in [0.1, 0.15) is 58.1 Å². The van der Waals surface area contributed by atoms with Crippen molar-refractivity contribution in [3.05, 3.63) is 41.6 Å². The zero-order chi connectivity index (χ0) is 23.8. The predicted octanol–water partition coefficient (Wildman–Crippen LogP) is 4.85. The first kappa shape index (κ1) is 22.9. The summed E-state index contributed by atoms with van der Waals surface area (Å²) in [6.07, 6.45) is 3.57. The van der Waals surface area contributed by atoms with Crippen molar-refractivity contribution in [3.63, 3.8) is 0 Å². The molecule has 33 heavy (non-hydrogen) atoms. The molecule has 2 aliphatic rings. The van der Waals surface area contributed by atoms with Gasteiger partial charge in [-0.25, -0.2) is 9.78 Å². The Morgan fingerprint density at radius 1 is 1.21 bits per heavy atom. The number of fused-ring (bicyclic) bond motifs is 2. The summed E-state index contributed by atoms with van der Waals surface area (Å²) in [5, 5.41) is 5.32. The highest BCUT2D eigenvalue weighted by atomic mass is 16.6. The molecule has 0 bridgehead atoms. The van der Waals surface area contributed by atoms with Crippen LogP contribution < -0.4 is 20.1 Å². The number of benzene rings is 1. The Bertz CT molecular complexity index is 1050. The first-order valence-electron chi connectivity index (χ1n) is 11.3. The molecule has 176 valence electrons. The van der Waals surface area contributed by atoms with E-state index in [1.54, 1.807) is 39.1 Å². The van der Waals surface area contributed by atoms with Gasteiger partial charge in [0.25, 0.3) is 0 Å². The van der Waals surface area contributed by atoms with Gasteiger partial charge < -0.3 is 24.8 Å². The van der Waals surface area contributed by atoms with Gasteiger partial charge in [0.15, 0.2) is 0 Å². The van der Waals surface area contributed by atoms with Crippen LogP contribution in [0.4, 0.5) is 10.6 Å². The number of hydrogen-bond donors (Lipinski definition) is 2. The minimum atomic E-state index is -0.734. The molecule has 2 N–H and O–H groups in total. The van der Waals surface area contributed by atoms with Gasteiger partial charge in [-0.15, -0.1) is 0 Å². The molecule has 4 rings (SSSR count). The molecule has 1 aliphatic carbocycles. The molecule has 2 aromatic rings. The maximum Gasteiger partial charge on any atom is 0.408 e. The fourth-order valence-electron chi connectivity index (χ4n) is 3.93. The number of aryl methyl sites for hydroxylation is 1. The molecule has 8 nitrogen and oxygen atoms in total. The van der Waals surface area contributed by atoms with Crippen LogP contribution in [-0.2, 0) is 14.9 Å². The van der Waals surface area contributed by atoms with Gasteiger partial charge in [-0.05, 0) is 70.7 Å². The molecule has 2 amide bonds. The normalized spacial score (nSPS) is 16.4. The molecule has 1 fully saturated rings. The van der Waals surface area contributed by atoms with Crippen LogP contribution in [0.5, 0.6) is 17.2 Å². The Hall–Kier alpha value is -3.29. The topological polar surface area (TPSA) is 98.8 Å². The van der Waals surface area contributed by atoms with E-state index < -0.39 is 17.7 Å². The van der Waals surface area contributed by atoms with E-state index >= 15 is 0 Å². The number of rotatable bonds is 6. The van der Waals surface area contributed by atoms with E-state index in [0.717, 1.165) is 35.5 Å². The molecule has 1 aromatic heterocycles. The third kappa shape index (κ3) is 5.05. The maximum absolute atomic E-state index is 12.6. The van der Waals surface area contributed by atoms with E-state index in [1.165, 1.54) is 0 Å². The van der Waals surface area contributed by atoms with Crippen LogP contribution >= 0.6 is 0 Å². The second-order valence-electron chi connectivity index (χ2n) is 9.73. The lowest BCUT2D eigenvalue weighted by Gasteiger charge is -2.22. The molecule has 2 heterocycles. The highest BCUT2D eigenvalue weighted by Crippen LogP contribution is 2.59. The monoisotopic (exact) mass is 453 g/mol. The van der Waals surface area contributed by atoms with Crippen LogP contribution in [0.15, 0.2) is 30.5 Å². The molecule has 1 aliphatic heterocycles. The first-order valence-corrected chi connectivity index (χ1v) is 11.3. The van der Waals surface area contributed by atoms with Crippen molar-refractivity contribution in [2.45, 2.75) is 70.9 Å². The molecular formula is C25H31N3O5. The van der Waals surface area contributed by atoms with Crippen molar-refractivity contribution in [1.82, 2.24) is 10.3 Å². The molecule has 0 radical (unpaired) electrons. The number of aromatic nitrogens is 1. The van der Waals surface area contributed by atoms with E-state index in [9.17, 15) is 9.59 Å². The lowest BCUT2D eigenvalue weighted by Crippen LogP contribution is -2.45. The number of amides is 2. The average molecular weight is 454 g/mol. The lowest BCUT2D eigenvalue weighted by molar-refractivity contribution is -0.118. The largest absolute Gasteiger partial charge is 0.492 e. The third-order valence-electron chi connectivity index (χ3n) is 5.82. The summed E-state index contributed by atoms with van der Waals surface area (Å²) in [7, 11) is 0. The molecule has 1 aromatic carbocycles. The zero-order valence-electron chi connectivity index (χ0n) is 19.8. The fourth-order valence-corrected chi connectivity index (χ4v) is 3.93. The molecule has 1 spiro atoms. The summed E-state index contributed by atoms with van der Waals surface area (Å²) in [6, 6.07) is 6.67. The van der Waals surface area contributed by atoms with Crippen molar-refractivity contribution < 1.29 is 23.8 Å². The minimum absolute atomic E-state index is 0.0916. The SMILES string of the molecule is CC[C@@H](NC(=O)OC(C)(C)C)C(=O)Nc1ccc(Oc2ccc(C)c3c2C2(CC2)CO3)cn1. The van der Waals surface area contributed by atoms with Gasteiger partial charge >= 0.3 is 6.09 Å². The first-order chi connectivity index (χ1) is 15.6. The van der Waals surface area contributed by atoms with Crippen LogP contribution in [0, 0.1) is 6.92 Å².